The molecule has 0 bridgehead atoms. The fraction of sp³-hybridized carbons (Fsp3) is 0.571. The van der Waals surface area contributed by atoms with E-state index >= 15 is 0 Å². The zero-order valence-electron chi connectivity index (χ0n) is 6.54. The second kappa shape index (κ2) is 6.19. The lowest BCUT2D eigenvalue weighted by atomic mass is 10.1. The molecule has 0 aliphatic carbocycles. The Morgan fingerprint density at radius 1 is 1.73 bits per heavy atom. The standard InChI is InChI=1S/C7H12N2O.ClH/c1-10-9-6-7-2-4-8-5-3-7;/h2,6,8H,3-5H2,1H3;1H. The van der Waals surface area contributed by atoms with Crippen molar-refractivity contribution in [3.63, 3.8) is 0 Å². The minimum absolute atomic E-state index is 0. The predicted octanol–water partition coefficient (Wildman–Crippen LogP) is 0.960. The minimum Gasteiger partial charge on any atom is -0.399 e. The van der Waals surface area contributed by atoms with E-state index in [0.717, 1.165) is 19.5 Å². The molecule has 0 spiro atoms. The molecular formula is C7H13ClN2O. The Morgan fingerprint density at radius 2 is 2.55 bits per heavy atom. The lowest BCUT2D eigenvalue weighted by Crippen LogP contribution is -2.20. The third kappa shape index (κ3) is 4.01. The first kappa shape index (κ1) is 10.5. The summed E-state index contributed by atoms with van der Waals surface area (Å²) in [4.78, 5) is 4.55. The van der Waals surface area contributed by atoms with E-state index < -0.39 is 0 Å². The molecule has 1 rings (SSSR count). The van der Waals surface area contributed by atoms with Gasteiger partial charge in [0.25, 0.3) is 0 Å². The monoisotopic (exact) mass is 176 g/mol. The first-order chi connectivity index (χ1) is 4.93. The third-order valence-corrected chi connectivity index (χ3v) is 1.42. The van der Waals surface area contributed by atoms with Crippen molar-refractivity contribution in [3.8, 4) is 0 Å². The van der Waals surface area contributed by atoms with Crippen molar-refractivity contribution in [1.29, 1.82) is 0 Å². The summed E-state index contributed by atoms with van der Waals surface area (Å²) in [5.74, 6) is 0. The molecule has 0 saturated heterocycles. The van der Waals surface area contributed by atoms with Crippen LogP contribution in [-0.4, -0.2) is 26.4 Å². The van der Waals surface area contributed by atoms with Gasteiger partial charge in [0, 0.05) is 6.54 Å². The van der Waals surface area contributed by atoms with Crippen LogP contribution in [-0.2, 0) is 4.84 Å². The van der Waals surface area contributed by atoms with Crippen LogP contribution >= 0.6 is 12.4 Å². The van der Waals surface area contributed by atoms with Crippen molar-refractivity contribution in [3.05, 3.63) is 11.6 Å². The van der Waals surface area contributed by atoms with Crippen LogP contribution < -0.4 is 5.32 Å². The second-order valence-electron chi connectivity index (χ2n) is 2.15. The van der Waals surface area contributed by atoms with Gasteiger partial charge in [0.05, 0.1) is 6.21 Å². The summed E-state index contributed by atoms with van der Waals surface area (Å²) in [5, 5.41) is 6.89. The first-order valence-electron chi connectivity index (χ1n) is 3.40. The molecule has 11 heavy (non-hydrogen) atoms. The van der Waals surface area contributed by atoms with E-state index in [2.05, 4.69) is 21.4 Å². The summed E-state index contributed by atoms with van der Waals surface area (Å²) in [6.07, 6.45) is 4.93. The van der Waals surface area contributed by atoms with Crippen LogP contribution in [0.5, 0.6) is 0 Å². The minimum atomic E-state index is 0. The normalized spacial score (nSPS) is 17.4. The fourth-order valence-electron chi connectivity index (χ4n) is 0.878. The van der Waals surface area contributed by atoms with Gasteiger partial charge in [-0.3, -0.25) is 0 Å². The Labute approximate surface area is 72.9 Å². The van der Waals surface area contributed by atoms with Gasteiger partial charge in [-0.1, -0.05) is 11.2 Å². The average molecular weight is 177 g/mol. The summed E-state index contributed by atoms with van der Waals surface area (Å²) >= 11 is 0. The number of rotatable bonds is 2. The van der Waals surface area contributed by atoms with Crippen LogP contribution in [0.3, 0.4) is 0 Å². The van der Waals surface area contributed by atoms with E-state index in [0.29, 0.717) is 0 Å². The molecule has 0 saturated carbocycles. The van der Waals surface area contributed by atoms with E-state index in [4.69, 9.17) is 0 Å². The van der Waals surface area contributed by atoms with Crippen molar-refractivity contribution < 1.29 is 4.84 Å². The van der Waals surface area contributed by atoms with E-state index in [-0.39, 0.29) is 12.4 Å². The van der Waals surface area contributed by atoms with Crippen molar-refractivity contribution >= 4 is 18.6 Å². The van der Waals surface area contributed by atoms with E-state index in [1.165, 1.54) is 5.57 Å². The Kier molecular flexibility index (Phi) is 5.88. The maximum atomic E-state index is 4.55. The van der Waals surface area contributed by atoms with E-state index in [1.54, 1.807) is 13.3 Å². The smallest absolute Gasteiger partial charge is 0.106 e. The topological polar surface area (TPSA) is 33.6 Å². The summed E-state index contributed by atoms with van der Waals surface area (Å²) in [5.41, 5.74) is 1.25. The molecule has 0 aromatic rings. The van der Waals surface area contributed by atoms with E-state index in [9.17, 15) is 0 Å². The predicted molar refractivity (Wildman–Crippen MR) is 48.3 cm³/mol. The lowest BCUT2D eigenvalue weighted by molar-refractivity contribution is 0.215. The van der Waals surface area contributed by atoms with Crippen molar-refractivity contribution in [1.82, 2.24) is 5.32 Å². The molecular weight excluding hydrogens is 164 g/mol. The maximum Gasteiger partial charge on any atom is 0.106 e. The van der Waals surface area contributed by atoms with Gasteiger partial charge < -0.3 is 10.2 Å². The Hall–Kier alpha value is -0.540. The number of nitrogens with zero attached hydrogens (tertiary/aromatic N) is 1. The molecule has 0 amide bonds. The highest BCUT2D eigenvalue weighted by Gasteiger charge is 1.98. The highest BCUT2D eigenvalue weighted by Crippen LogP contribution is 2.00. The summed E-state index contributed by atoms with van der Waals surface area (Å²) in [7, 11) is 1.55. The second-order valence-corrected chi connectivity index (χ2v) is 2.15. The maximum absolute atomic E-state index is 4.55. The zero-order chi connectivity index (χ0) is 7.23. The van der Waals surface area contributed by atoms with Gasteiger partial charge >= 0.3 is 0 Å². The van der Waals surface area contributed by atoms with Gasteiger partial charge in [-0.05, 0) is 18.5 Å². The quantitative estimate of drug-likeness (QED) is 0.502. The summed E-state index contributed by atoms with van der Waals surface area (Å²) < 4.78 is 0. The average Bonchev–Trinajstić information content (AvgIpc) is 2.03. The number of oxime groups is 1. The van der Waals surface area contributed by atoms with Crippen LogP contribution in [0.1, 0.15) is 6.42 Å². The van der Waals surface area contributed by atoms with Gasteiger partial charge in [-0.25, -0.2) is 0 Å². The van der Waals surface area contributed by atoms with Gasteiger partial charge in [0.2, 0.25) is 0 Å². The molecule has 0 aromatic heterocycles. The number of hydrogen-bond donors (Lipinski definition) is 1. The molecule has 3 nitrogen and oxygen atoms in total. The van der Waals surface area contributed by atoms with Crippen molar-refractivity contribution in [2.75, 3.05) is 20.2 Å². The number of nitrogens with one attached hydrogen (secondary N) is 1. The SMILES string of the molecule is CON=CC1=CCNCC1.Cl. The van der Waals surface area contributed by atoms with E-state index in [1.807, 2.05) is 0 Å². The lowest BCUT2D eigenvalue weighted by Gasteiger charge is -2.08. The molecule has 0 aromatic carbocycles. The van der Waals surface area contributed by atoms with Gasteiger partial charge in [0.1, 0.15) is 7.11 Å². The molecule has 1 N–H and O–H groups in total. The van der Waals surface area contributed by atoms with Crippen molar-refractivity contribution in [2.45, 2.75) is 6.42 Å². The summed E-state index contributed by atoms with van der Waals surface area (Å²) in [6, 6.07) is 0. The van der Waals surface area contributed by atoms with Crippen LogP contribution in [0.2, 0.25) is 0 Å². The number of halogens is 1. The molecule has 4 heteroatoms. The molecule has 1 heterocycles. The molecule has 0 fully saturated rings. The largest absolute Gasteiger partial charge is 0.399 e. The van der Waals surface area contributed by atoms with Crippen LogP contribution in [0, 0.1) is 0 Å². The molecule has 0 atom stereocenters. The number of hydrogen-bond acceptors (Lipinski definition) is 3. The van der Waals surface area contributed by atoms with Crippen LogP contribution in [0.25, 0.3) is 0 Å². The highest BCUT2D eigenvalue weighted by molar-refractivity contribution is 5.85. The zero-order valence-corrected chi connectivity index (χ0v) is 7.36. The molecule has 0 unspecified atom stereocenters. The van der Waals surface area contributed by atoms with Crippen LogP contribution in [0.4, 0.5) is 0 Å². The van der Waals surface area contributed by atoms with Gasteiger partial charge in [-0.2, -0.15) is 0 Å². The molecule has 1 aliphatic heterocycles. The Morgan fingerprint density at radius 3 is 3.09 bits per heavy atom. The third-order valence-electron chi connectivity index (χ3n) is 1.42. The molecule has 64 valence electrons. The van der Waals surface area contributed by atoms with Crippen LogP contribution in [0.15, 0.2) is 16.8 Å². The highest BCUT2D eigenvalue weighted by atomic mass is 35.5. The molecule has 1 aliphatic rings. The van der Waals surface area contributed by atoms with Crippen molar-refractivity contribution in [2.24, 2.45) is 5.16 Å². The van der Waals surface area contributed by atoms with Gasteiger partial charge in [0.15, 0.2) is 0 Å². The summed E-state index contributed by atoms with van der Waals surface area (Å²) in [6.45, 7) is 1.99. The fourth-order valence-corrected chi connectivity index (χ4v) is 0.878. The van der Waals surface area contributed by atoms with Gasteiger partial charge in [-0.15, -0.1) is 12.4 Å². The first-order valence-corrected chi connectivity index (χ1v) is 3.40. The Balaban J connectivity index is 0.000001000. The molecule has 0 radical (unpaired) electrons. The Bertz CT molecular complexity index is 157.